The van der Waals surface area contributed by atoms with Gasteiger partial charge in [-0.15, -0.1) is 0 Å². The normalized spacial score (nSPS) is 18.5. The van der Waals surface area contributed by atoms with Crippen LogP contribution in [-0.2, 0) is 9.59 Å². The van der Waals surface area contributed by atoms with Crippen molar-refractivity contribution >= 4 is 11.9 Å². The van der Waals surface area contributed by atoms with E-state index in [-0.39, 0.29) is 0 Å². The van der Waals surface area contributed by atoms with Gasteiger partial charge in [-0.3, -0.25) is 4.90 Å². The molecule has 1 saturated heterocycles. The van der Waals surface area contributed by atoms with E-state index >= 15 is 0 Å². The molecule has 1 heterocycles. The van der Waals surface area contributed by atoms with Crippen LogP contribution in [0.4, 0.5) is 0 Å². The molecule has 0 amide bonds. The van der Waals surface area contributed by atoms with Gasteiger partial charge in [0.25, 0.3) is 0 Å². The summed E-state index contributed by atoms with van der Waals surface area (Å²) in [4.78, 5) is 20.7. The van der Waals surface area contributed by atoms with Crippen molar-refractivity contribution in [2.24, 2.45) is 0 Å². The highest BCUT2D eigenvalue weighted by atomic mass is 16.4. The molecule has 2 atom stereocenters. The molecule has 7 nitrogen and oxygen atoms in total. The number of nitrogens with zero attached hydrogens (tertiary/aromatic N) is 1. The molecule has 1 aliphatic rings. The summed E-state index contributed by atoms with van der Waals surface area (Å²) in [6.07, 6.45) is 2.19. The number of aliphatic carboxylic acids is 2. The molecule has 0 radical (unpaired) electrons. The van der Waals surface area contributed by atoms with Crippen molar-refractivity contribution < 1.29 is 24.9 Å². The number of benzene rings is 1. The minimum Gasteiger partial charge on any atom is -0.473 e. The Morgan fingerprint density at radius 3 is 2.42 bits per heavy atom. The molecule has 2 unspecified atom stereocenters. The largest absolute Gasteiger partial charge is 0.473 e. The van der Waals surface area contributed by atoms with Crippen LogP contribution < -0.4 is 5.32 Å². The quantitative estimate of drug-likeness (QED) is 0.572. The number of carbonyl (C=O) groups is 2. The maximum atomic E-state index is 10.0. The lowest BCUT2D eigenvalue weighted by Gasteiger charge is -2.23. The van der Waals surface area contributed by atoms with Gasteiger partial charge in [0.1, 0.15) is 0 Å². The van der Waals surface area contributed by atoms with E-state index in [2.05, 4.69) is 17.1 Å². The maximum absolute atomic E-state index is 10.0. The Hall–Kier alpha value is -1.96. The van der Waals surface area contributed by atoms with Gasteiger partial charge < -0.3 is 20.6 Å². The summed E-state index contributed by atoms with van der Waals surface area (Å²) in [6, 6.07) is 10.5. The van der Waals surface area contributed by atoms with Gasteiger partial charge in [0.05, 0.1) is 6.10 Å². The lowest BCUT2D eigenvalue weighted by Crippen LogP contribution is -2.39. The zero-order valence-corrected chi connectivity index (χ0v) is 13.9. The number of likely N-dealkylation sites (tertiary alicyclic amines) is 1. The number of hydrogen-bond acceptors (Lipinski definition) is 5. The molecule has 4 N–H and O–H groups in total. The van der Waals surface area contributed by atoms with Crippen LogP contribution in [0, 0.1) is 0 Å². The molecule has 1 aromatic rings. The molecule has 0 saturated carbocycles. The topological polar surface area (TPSA) is 110 Å². The van der Waals surface area contributed by atoms with Crippen LogP contribution in [0.1, 0.15) is 31.4 Å². The van der Waals surface area contributed by atoms with Crippen molar-refractivity contribution in [3.63, 3.8) is 0 Å². The third-order valence-electron chi connectivity index (χ3n) is 3.99. The number of carboxylic acid groups (broad SMARTS) is 2. The van der Waals surface area contributed by atoms with Gasteiger partial charge in [-0.05, 0) is 31.5 Å². The van der Waals surface area contributed by atoms with Gasteiger partial charge in [0, 0.05) is 19.1 Å². The number of aliphatic hydroxyl groups excluding tert-OH is 1. The van der Waals surface area contributed by atoms with Crippen LogP contribution >= 0.6 is 0 Å². The van der Waals surface area contributed by atoms with Gasteiger partial charge in [-0.1, -0.05) is 37.3 Å². The van der Waals surface area contributed by atoms with Crippen LogP contribution in [0.5, 0.6) is 0 Å². The number of rotatable bonds is 6. The Balaban J connectivity index is 0.000000413. The number of aliphatic hydroxyl groups is 1. The molecular weight excluding hydrogens is 312 g/mol. The summed E-state index contributed by atoms with van der Waals surface area (Å²) in [6.45, 7) is 6.20. The van der Waals surface area contributed by atoms with Gasteiger partial charge in [-0.2, -0.15) is 0 Å². The second-order valence-corrected chi connectivity index (χ2v) is 5.62. The number of nitrogens with one attached hydrogen (secondary N) is 1. The van der Waals surface area contributed by atoms with Crippen LogP contribution in [0.25, 0.3) is 0 Å². The number of likely N-dealkylation sites (N-methyl/N-ethyl adjacent to an activating group) is 1. The van der Waals surface area contributed by atoms with Crippen LogP contribution in [0.2, 0.25) is 0 Å². The predicted octanol–water partition coefficient (Wildman–Crippen LogP) is 0.950. The molecule has 1 aliphatic heterocycles. The Morgan fingerprint density at radius 2 is 1.88 bits per heavy atom. The maximum Gasteiger partial charge on any atom is 0.414 e. The van der Waals surface area contributed by atoms with E-state index < -0.39 is 18.0 Å². The lowest BCUT2D eigenvalue weighted by molar-refractivity contribution is -0.159. The van der Waals surface area contributed by atoms with E-state index in [9.17, 15) is 5.11 Å². The first-order valence-electron chi connectivity index (χ1n) is 8.09. The van der Waals surface area contributed by atoms with Crippen molar-refractivity contribution in [2.45, 2.75) is 31.9 Å². The zero-order valence-electron chi connectivity index (χ0n) is 13.9. The van der Waals surface area contributed by atoms with Gasteiger partial charge in [0.2, 0.25) is 0 Å². The minimum absolute atomic E-state index is 0.400. The highest BCUT2D eigenvalue weighted by Gasteiger charge is 2.22. The number of carboxylic acids is 2. The fraction of sp³-hybridized carbons (Fsp3) is 0.529. The fourth-order valence-electron chi connectivity index (χ4n) is 2.72. The van der Waals surface area contributed by atoms with E-state index in [1.807, 2.05) is 30.3 Å². The highest BCUT2D eigenvalue weighted by molar-refractivity contribution is 6.27. The predicted molar refractivity (Wildman–Crippen MR) is 89.8 cm³/mol. The van der Waals surface area contributed by atoms with Gasteiger partial charge in [0.15, 0.2) is 0 Å². The second-order valence-electron chi connectivity index (χ2n) is 5.62. The summed E-state index contributed by atoms with van der Waals surface area (Å²) in [7, 11) is 0. The van der Waals surface area contributed by atoms with Crippen molar-refractivity contribution in [3.8, 4) is 0 Å². The summed E-state index contributed by atoms with van der Waals surface area (Å²) in [5.74, 6) is -3.65. The Labute approximate surface area is 141 Å². The van der Waals surface area contributed by atoms with Crippen molar-refractivity contribution in [3.05, 3.63) is 35.9 Å². The fourth-order valence-corrected chi connectivity index (χ4v) is 2.72. The van der Waals surface area contributed by atoms with Crippen LogP contribution in [0.15, 0.2) is 30.3 Å². The molecule has 24 heavy (non-hydrogen) atoms. The highest BCUT2D eigenvalue weighted by Crippen LogP contribution is 2.16. The lowest BCUT2D eigenvalue weighted by atomic mass is 10.1. The van der Waals surface area contributed by atoms with E-state index in [4.69, 9.17) is 19.8 Å². The number of hydrogen-bond donors (Lipinski definition) is 4. The molecule has 0 aliphatic carbocycles. The third-order valence-corrected chi connectivity index (χ3v) is 3.99. The van der Waals surface area contributed by atoms with Crippen LogP contribution in [0.3, 0.4) is 0 Å². The van der Waals surface area contributed by atoms with E-state index in [1.54, 1.807) is 0 Å². The van der Waals surface area contributed by atoms with Gasteiger partial charge in [-0.25, -0.2) is 9.59 Å². The first-order valence-corrected chi connectivity index (χ1v) is 8.09. The smallest absolute Gasteiger partial charge is 0.414 e. The third kappa shape index (κ3) is 7.08. The summed E-state index contributed by atoms with van der Waals surface area (Å²) in [5, 5.41) is 28.2. The molecule has 0 aromatic heterocycles. The molecule has 0 spiro atoms. The van der Waals surface area contributed by atoms with Crippen molar-refractivity contribution in [2.75, 3.05) is 26.2 Å². The Kier molecular flexibility index (Phi) is 8.99. The molecule has 1 fully saturated rings. The van der Waals surface area contributed by atoms with Crippen molar-refractivity contribution in [1.29, 1.82) is 0 Å². The zero-order chi connectivity index (χ0) is 17.9. The first-order chi connectivity index (χ1) is 11.5. The average Bonchev–Trinajstić information content (AvgIpc) is 3.03. The minimum atomic E-state index is -1.82. The molecular formula is C17H26N2O5. The molecule has 7 heteroatoms. The van der Waals surface area contributed by atoms with E-state index in [0.29, 0.717) is 12.6 Å². The molecule has 1 aromatic carbocycles. The second kappa shape index (κ2) is 10.7. The van der Waals surface area contributed by atoms with E-state index in [1.165, 1.54) is 19.4 Å². The Bertz CT molecular complexity index is 497. The van der Waals surface area contributed by atoms with Crippen LogP contribution in [-0.4, -0.2) is 64.4 Å². The molecule has 2 rings (SSSR count). The van der Waals surface area contributed by atoms with Crippen molar-refractivity contribution in [1.82, 2.24) is 10.2 Å². The Morgan fingerprint density at radius 1 is 1.25 bits per heavy atom. The summed E-state index contributed by atoms with van der Waals surface area (Å²) >= 11 is 0. The molecule has 134 valence electrons. The average molecular weight is 338 g/mol. The van der Waals surface area contributed by atoms with Gasteiger partial charge >= 0.3 is 11.9 Å². The molecule has 0 bridgehead atoms. The standard InChI is InChI=1S/C15H24N2O.C2H2O4/c1-2-17-10-6-9-14(17)11-16-12-15(18)13-7-4-3-5-8-13;3-1(4)2(5)6/h3-5,7-8,14-16,18H,2,6,9-12H2,1H3;(H,3,4)(H,5,6). The SMILES string of the molecule is CCN1CCCC1CNCC(O)c1ccccc1.O=C(O)C(=O)O. The summed E-state index contributed by atoms with van der Waals surface area (Å²) in [5.41, 5.74) is 0.990. The van der Waals surface area contributed by atoms with E-state index in [0.717, 1.165) is 18.7 Å². The monoisotopic (exact) mass is 338 g/mol. The first kappa shape index (κ1) is 20.1. The summed E-state index contributed by atoms with van der Waals surface area (Å²) < 4.78 is 0.